The van der Waals surface area contributed by atoms with Crippen LogP contribution in [0.15, 0.2) is 23.1 Å². The van der Waals surface area contributed by atoms with Gasteiger partial charge in [0.05, 0.1) is 11.9 Å². The van der Waals surface area contributed by atoms with Gasteiger partial charge in [-0.2, -0.15) is 0 Å². The van der Waals surface area contributed by atoms with Crippen LogP contribution in [0.2, 0.25) is 0 Å². The highest BCUT2D eigenvalue weighted by Gasteiger charge is 2.16. The smallest absolute Gasteiger partial charge is 0.316 e. The summed E-state index contributed by atoms with van der Waals surface area (Å²) in [6.07, 6.45) is 2.09. The number of carbonyl (C=O) groups excluding carboxylic acids is 2. The van der Waals surface area contributed by atoms with Crippen LogP contribution in [0.25, 0.3) is 0 Å². The van der Waals surface area contributed by atoms with Crippen LogP contribution in [-0.2, 0) is 19.1 Å². The summed E-state index contributed by atoms with van der Waals surface area (Å²) in [4.78, 5) is 24.4. The Bertz CT molecular complexity index is 556. The van der Waals surface area contributed by atoms with Gasteiger partial charge in [-0.05, 0) is 38.3 Å². The van der Waals surface area contributed by atoms with E-state index >= 15 is 0 Å². The largest absolute Gasteiger partial charge is 0.455 e. The quantitative estimate of drug-likeness (QED) is 0.611. The molecule has 1 aromatic carbocycles. The molecule has 0 aromatic heterocycles. The van der Waals surface area contributed by atoms with Crippen molar-refractivity contribution in [2.24, 2.45) is 0 Å². The van der Waals surface area contributed by atoms with Gasteiger partial charge in [0.1, 0.15) is 0 Å². The third-order valence-electron chi connectivity index (χ3n) is 3.59. The van der Waals surface area contributed by atoms with Crippen molar-refractivity contribution in [2.45, 2.75) is 37.7 Å². The van der Waals surface area contributed by atoms with Gasteiger partial charge in [-0.15, -0.1) is 11.8 Å². The maximum Gasteiger partial charge on any atom is 0.316 e. The second-order valence-electron chi connectivity index (χ2n) is 5.66. The number of ether oxygens (including phenoxy) is 2. The number of benzene rings is 1. The van der Waals surface area contributed by atoms with Gasteiger partial charge in [0, 0.05) is 18.0 Å². The SMILES string of the molecule is Cc1ccc(SCC(=O)OCC(=O)NC[C@@H]2CCCO2)c(C)c1. The highest BCUT2D eigenvalue weighted by atomic mass is 32.2. The summed E-state index contributed by atoms with van der Waals surface area (Å²) in [5.74, 6) is -0.476. The number of rotatable bonds is 7. The van der Waals surface area contributed by atoms with E-state index in [1.54, 1.807) is 0 Å². The third-order valence-corrected chi connectivity index (χ3v) is 4.74. The molecule has 1 aromatic rings. The number of aryl methyl sites for hydroxylation is 2. The Hall–Kier alpha value is -1.53. The summed E-state index contributed by atoms with van der Waals surface area (Å²) in [6.45, 7) is 5.04. The van der Waals surface area contributed by atoms with Crippen LogP contribution >= 0.6 is 11.8 Å². The zero-order valence-electron chi connectivity index (χ0n) is 13.6. The molecule has 0 bridgehead atoms. The third kappa shape index (κ3) is 6.23. The van der Waals surface area contributed by atoms with Gasteiger partial charge in [0.15, 0.2) is 6.61 Å². The van der Waals surface area contributed by atoms with E-state index in [1.807, 2.05) is 26.0 Å². The highest BCUT2D eigenvalue weighted by Crippen LogP contribution is 2.23. The molecule has 1 atom stereocenters. The van der Waals surface area contributed by atoms with Gasteiger partial charge in [0.25, 0.3) is 5.91 Å². The number of hydrogen-bond acceptors (Lipinski definition) is 5. The first kappa shape index (κ1) is 17.8. The molecule has 0 saturated carbocycles. The van der Waals surface area contributed by atoms with E-state index in [9.17, 15) is 9.59 Å². The zero-order chi connectivity index (χ0) is 16.7. The van der Waals surface area contributed by atoms with Crippen molar-refractivity contribution in [1.82, 2.24) is 5.32 Å². The van der Waals surface area contributed by atoms with Crippen LogP contribution in [0.5, 0.6) is 0 Å². The molecule has 2 rings (SSSR count). The Morgan fingerprint density at radius 1 is 1.39 bits per heavy atom. The van der Waals surface area contributed by atoms with Gasteiger partial charge < -0.3 is 14.8 Å². The van der Waals surface area contributed by atoms with Gasteiger partial charge in [-0.25, -0.2) is 0 Å². The fourth-order valence-corrected chi connectivity index (χ4v) is 3.18. The van der Waals surface area contributed by atoms with Gasteiger partial charge >= 0.3 is 5.97 Å². The van der Waals surface area contributed by atoms with Crippen molar-refractivity contribution < 1.29 is 19.1 Å². The molecule has 0 spiro atoms. The normalized spacial score (nSPS) is 17.0. The molecule has 1 saturated heterocycles. The summed E-state index contributed by atoms with van der Waals surface area (Å²) in [6, 6.07) is 6.09. The Labute approximate surface area is 141 Å². The second-order valence-corrected chi connectivity index (χ2v) is 6.67. The molecule has 1 aliphatic heterocycles. The number of thioether (sulfide) groups is 1. The van der Waals surface area contributed by atoms with Gasteiger partial charge in [0.2, 0.25) is 0 Å². The number of amides is 1. The maximum absolute atomic E-state index is 11.7. The summed E-state index contributed by atoms with van der Waals surface area (Å²) in [5, 5.41) is 2.72. The van der Waals surface area contributed by atoms with E-state index in [0.717, 1.165) is 29.9 Å². The minimum atomic E-state index is -0.387. The lowest BCUT2D eigenvalue weighted by molar-refractivity contribution is -0.146. The minimum Gasteiger partial charge on any atom is -0.455 e. The van der Waals surface area contributed by atoms with Crippen LogP contribution < -0.4 is 5.32 Å². The fourth-order valence-electron chi connectivity index (χ4n) is 2.37. The van der Waals surface area contributed by atoms with Gasteiger partial charge in [-0.1, -0.05) is 17.7 Å². The maximum atomic E-state index is 11.7. The highest BCUT2D eigenvalue weighted by molar-refractivity contribution is 8.00. The van der Waals surface area contributed by atoms with Crippen LogP contribution in [0, 0.1) is 13.8 Å². The van der Waals surface area contributed by atoms with Crippen molar-refractivity contribution >= 4 is 23.6 Å². The molecule has 1 N–H and O–H groups in total. The molecule has 1 amide bonds. The Kier molecular flexibility index (Phi) is 6.92. The minimum absolute atomic E-state index is 0.0923. The fraction of sp³-hybridized carbons (Fsp3) is 0.529. The average molecular weight is 337 g/mol. The summed E-state index contributed by atoms with van der Waals surface area (Å²) in [7, 11) is 0. The van der Waals surface area contributed by atoms with E-state index in [2.05, 4.69) is 11.4 Å². The topological polar surface area (TPSA) is 64.6 Å². The lowest BCUT2D eigenvalue weighted by atomic mass is 10.2. The van der Waals surface area contributed by atoms with Crippen molar-refractivity contribution in [3.8, 4) is 0 Å². The lowest BCUT2D eigenvalue weighted by Gasteiger charge is -2.11. The first-order valence-corrected chi connectivity index (χ1v) is 8.77. The van der Waals surface area contributed by atoms with Crippen LogP contribution in [-0.4, -0.2) is 43.5 Å². The van der Waals surface area contributed by atoms with E-state index in [0.29, 0.717) is 6.54 Å². The molecule has 1 fully saturated rings. The second kappa shape index (κ2) is 8.93. The predicted molar refractivity (Wildman–Crippen MR) is 89.6 cm³/mol. The van der Waals surface area contributed by atoms with E-state index in [-0.39, 0.29) is 30.3 Å². The first-order chi connectivity index (χ1) is 11.0. The van der Waals surface area contributed by atoms with Crippen LogP contribution in [0.1, 0.15) is 24.0 Å². The number of hydrogen-bond donors (Lipinski definition) is 1. The summed E-state index contributed by atoms with van der Waals surface area (Å²) in [5.41, 5.74) is 2.33. The van der Waals surface area contributed by atoms with E-state index in [1.165, 1.54) is 17.3 Å². The molecule has 1 aliphatic rings. The molecular formula is C17H23NO4S. The molecule has 0 radical (unpaired) electrons. The lowest BCUT2D eigenvalue weighted by Crippen LogP contribution is -2.35. The number of nitrogens with one attached hydrogen (secondary N) is 1. The van der Waals surface area contributed by atoms with Crippen molar-refractivity contribution in [1.29, 1.82) is 0 Å². The number of carbonyl (C=O) groups is 2. The monoisotopic (exact) mass is 337 g/mol. The molecule has 0 aliphatic carbocycles. The van der Waals surface area contributed by atoms with Crippen molar-refractivity contribution in [2.75, 3.05) is 25.5 Å². The van der Waals surface area contributed by atoms with Crippen LogP contribution in [0.3, 0.4) is 0 Å². The average Bonchev–Trinajstić information content (AvgIpc) is 3.03. The Balaban J connectivity index is 1.63. The van der Waals surface area contributed by atoms with Crippen molar-refractivity contribution in [3.63, 3.8) is 0 Å². The summed E-state index contributed by atoms with van der Waals surface area (Å²) < 4.78 is 10.4. The van der Waals surface area contributed by atoms with E-state index < -0.39 is 0 Å². The predicted octanol–water partition coefficient (Wildman–Crippen LogP) is 2.23. The molecular weight excluding hydrogens is 314 g/mol. The Morgan fingerprint density at radius 3 is 2.91 bits per heavy atom. The standard InChI is InChI=1S/C17H23NO4S/c1-12-5-6-15(13(2)8-12)23-11-17(20)22-10-16(19)18-9-14-4-3-7-21-14/h5-6,8,14H,3-4,7,9-11H2,1-2H3,(H,18,19)/t14-/m0/s1. The van der Waals surface area contributed by atoms with E-state index in [4.69, 9.17) is 9.47 Å². The molecule has 126 valence electrons. The molecule has 0 unspecified atom stereocenters. The molecule has 6 heteroatoms. The Morgan fingerprint density at radius 2 is 2.22 bits per heavy atom. The van der Waals surface area contributed by atoms with Crippen LogP contribution in [0.4, 0.5) is 0 Å². The molecule has 5 nitrogen and oxygen atoms in total. The zero-order valence-corrected chi connectivity index (χ0v) is 14.4. The van der Waals surface area contributed by atoms with Gasteiger partial charge in [-0.3, -0.25) is 9.59 Å². The molecule has 23 heavy (non-hydrogen) atoms. The first-order valence-electron chi connectivity index (χ1n) is 7.78. The summed E-state index contributed by atoms with van der Waals surface area (Å²) >= 11 is 1.42. The van der Waals surface area contributed by atoms with Crippen molar-refractivity contribution in [3.05, 3.63) is 29.3 Å². The number of esters is 1. The molecule has 1 heterocycles.